The molecule has 0 radical (unpaired) electrons. The Morgan fingerprint density at radius 3 is 2.34 bits per heavy atom. The highest BCUT2D eigenvalue weighted by atomic mass is 16.6. The van der Waals surface area contributed by atoms with Gasteiger partial charge >= 0.3 is 12.1 Å². The van der Waals surface area contributed by atoms with Gasteiger partial charge in [0.1, 0.15) is 5.60 Å². The van der Waals surface area contributed by atoms with Crippen molar-refractivity contribution in [2.45, 2.75) is 52.1 Å². The number of ether oxygens (including phenoxy) is 1. The highest BCUT2D eigenvalue weighted by Crippen LogP contribution is 2.25. The second kappa shape index (κ2) is 10.9. The van der Waals surface area contributed by atoms with E-state index in [-0.39, 0.29) is 40.9 Å². The van der Waals surface area contributed by atoms with E-state index in [2.05, 4.69) is 0 Å². The number of hydrogen-bond acceptors (Lipinski definition) is 6. The van der Waals surface area contributed by atoms with E-state index in [1.165, 1.54) is 18.2 Å². The highest BCUT2D eigenvalue weighted by molar-refractivity contribution is 6.02. The largest absolute Gasteiger partial charge is 0.478 e. The van der Waals surface area contributed by atoms with Crippen LogP contribution < -0.4 is 5.73 Å². The molecule has 1 atom stereocenters. The maximum Gasteiger partial charge on any atom is 0.410 e. The van der Waals surface area contributed by atoms with Crippen molar-refractivity contribution in [1.29, 1.82) is 0 Å². The van der Waals surface area contributed by atoms with Crippen molar-refractivity contribution in [3.63, 3.8) is 0 Å². The number of carbonyl (C=O) groups is 4. The minimum Gasteiger partial charge on any atom is -0.478 e. The summed E-state index contributed by atoms with van der Waals surface area (Å²) >= 11 is 0. The maximum absolute atomic E-state index is 13.0. The quantitative estimate of drug-likeness (QED) is 0.370. The molecule has 2 heterocycles. The summed E-state index contributed by atoms with van der Waals surface area (Å²) < 4.78 is 5.42. The Balaban J connectivity index is 1.52. The number of rotatable bonds is 5. The Bertz CT molecular complexity index is 1000. The van der Waals surface area contributed by atoms with Crippen molar-refractivity contribution in [1.82, 2.24) is 9.80 Å². The molecule has 2 aliphatic heterocycles. The molecule has 3 N–H and O–H groups in total. The summed E-state index contributed by atoms with van der Waals surface area (Å²) in [5, 5.41) is 9.12. The van der Waals surface area contributed by atoms with Gasteiger partial charge in [0.05, 0.1) is 5.56 Å². The molecular formula is C26H35N3O6. The van der Waals surface area contributed by atoms with Crippen LogP contribution in [0.3, 0.4) is 0 Å². The normalized spacial score (nSPS) is 19.6. The van der Waals surface area contributed by atoms with E-state index in [9.17, 15) is 19.2 Å². The molecule has 9 heteroatoms. The van der Waals surface area contributed by atoms with Gasteiger partial charge in [0.25, 0.3) is 0 Å². The van der Waals surface area contributed by atoms with Crippen molar-refractivity contribution >= 4 is 29.4 Å². The first kappa shape index (κ1) is 26.2. The molecule has 35 heavy (non-hydrogen) atoms. The number of likely N-dealkylation sites (tertiary alicyclic amines) is 2. The summed E-state index contributed by atoms with van der Waals surface area (Å²) in [5.74, 6) is -1.55. The number of nitrogens with zero attached hydrogens (tertiary/aromatic N) is 2. The van der Waals surface area contributed by atoms with Crippen LogP contribution >= 0.6 is 0 Å². The number of carboxylic acids is 1. The number of anilines is 1. The standard InChI is InChI=1S/C26H35N3O6/c1-26(2,3)35-25(34)28-13-10-17(11-14-28)6-9-22(30)29-12-4-5-19(16-29)23(31)18-7-8-20(24(32)33)21(27)15-18/h6-9,15,17,19H,4-5,10-14,16,27H2,1-3H3,(H,32,33)/b9-6+/t19-/m1/s1. The number of amides is 2. The van der Waals surface area contributed by atoms with Crippen LogP contribution in [-0.2, 0) is 9.53 Å². The summed E-state index contributed by atoms with van der Waals surface area (Å²) in [6.45, 7) is 7.61. The summed E-state index contributed by atoms with van der Waals surface area (Å²) in [6, 6.07) is 4.22. The Morgan fingerprint density at radius 1 is 1.06 bits per heavy atom. The van der Waals surface area contributed by atoms with Gasteiger partial charge in [-0.15, -0.1) is 0 Å². The van der Waals surface area contributed by atoms with Crippen molar-refractivity contribution in [3.8, 4) is 0 Å². The predicted molar refractivity (Wildman–Crippen MR) is 131 cm³/mol. The topological polar surface area (TPSA) is 130 Å². The Hall–Kier alpha value is -3.36. The van der Waals surface area contributed by atoms with Crippen LogP contribution in [0.5, 0.6) is 0 Å². The van der Waals surface area contributed by atoms with Crippen LogP contribution in [0, 0.1) is 11.8 Å². The van der Waals surface area contributed by atoms with E-state index in [1.54, 1.807) is 15.9 Å². The molecule has 0 saturated carbocycles. The van der Waals surface area contributed by atoms with Crippen molar-refractivity contribution in [3.05, 3.63) is 41.5 Å². The first-order valence-corrected chi connectivity index (χ1v) is 12.1. The number of Topliss-reactive ketones (excluding diaryl/α,β-unsaturated/α-hetero) is 1. The van der Waals surface area contributed by atoms with Crippen LogP contribution in [-0.4, -0.2) is 70.4 Å². The van der Waals surface area contributed by atoms with E-state index in [0.29, 0.717) is 44.6 Å². The maximum atomic E-state index is 13.0. The lowest BCUT2D eigenvalue weighted by Gasteiger charge is -2.33. The van der Waals surface area contributed by atoms with Gasteiger partial charge in [-0.25, -0.2) is 9.59 Å². The Morgan fingerprint density at radius 2 is 1.74 bits per heavy atom. The molecule has 0 unspecified atom stereocenters. The molecular weight excluding hydrogens is 450 g/mol. The molecule has 2 aliphatic rings. The number of piperidine rings is 2. The molecule has 190 valence electrons. The Kier molecular flexibility index (Phi) is 8.19. The molecule has 1 aromatic rings. The summed E-state index contributed by atoms with van der Waals surface area (Å²) in [7, 11) is 0. The number of aromatic carboxylic acids is 1. The number of hydrogen-bond donors (Lipinski definition) is 2. The van der Waals surface area contributed by atoms with Crippen LogP contribution in [0.1, 0.15) is 67.2 Å². The smallest absolute Gasteiger partial charge is 0.410 e. The molecule has 2 fully saturated rings. The predicted octanol–water partition coefficient (Wildman–Crippen LogP) is 3.59. The van der Waals surface area contributed by atoms with E-state index >= 15 is 0 Å². The van der Waals surface area contributed by atoms with Gasteiger partial charge in [0.2, 0.25) is 5.91 Å². The third kappa shape index (κ3) is 7.07. The molecule has 3 rings (SSSR count). The lowest BCUT2D eigenvalue weighted by atomic mass is 9.89. The third-order valence-electron chi connectivity index (χ3n) is 6.37. The fourth-order valence-electron chi connectivity index (χ4n) is 4.46. The zero-order valence-electron chi connectivity index (χ0n) is 20.7. The molecule has 2 amide bonds. The molecule has 2 saturated heterocycles. The van der Waals surface area contributed by atoms with Gasteiger partial charge in [0, 0.05) is 43.3 Å². The molecule has 0 bridgehead atoms. The lowest BCUT2D eigenvalue weighted by molar-refractivity contribution is -0.127. The Labute approximate surface area is 205 Å². The number of nitrogen functional groups attached to an aromatic ring is 1. The van der Waals surface area contributed by atoms with Gasteiger partial charge in [0.15, 0.2) is 5.78 Å². The minimum atomic E-state index is -1.14. The number of allylic oxidation sites excluding steroid dienone is 1. The zero-order chi connectivity index (χ0) is 25.8. The molecule has 0 aromatic heterocycles. The van der Waals surface area contributed by atoms with Crippen LogP contribution in [0.25, 0.3) is 0 Å². The lowest BCUT2D eigenvalue weighted by Crippen LogP contribution is -2.42. The highest BCUT2D eigenvalue weighted by Gasteiger charge is 2.30. The summed E-state index contributed by atoms with van der Waals surface area (Å²) in [4.78, 5) is 52.5. The van der Waals surface area contributed by atoms with Crippen molar-refractivity contribution in [2.75, 3.05) is 31.9 Å². The monoisotopic (exact) mass is 485 g/mol. The SMILES string of the molecule is CC(C)(C)OC(=O)N1CCC(/C=C/C(=O)N2CCC[C@@H](C(=O)c3ccc(C(=O)O)c(N)c3)C2)CC1. The number of benzene rings is 1. The van der Waals surface area contributed by atoms with Crippen LogP contribution in [0.4, 0.5) is 10.5 Å². The van der Waals surface area contributed by atoms with Crippen LogP contribution in [0.2, 0.25) is 0 Å². The first-order chi connectivity index (χ1) is 16.4. The first-order valence-electron chi connectivity index (χ1n) is 12.1. The second-order valence-corrected chi connectivity index (χ2v) is 10.3. The molecule has 9 nitrogen and oxygen atoms in total. The number of carboxylic acid groups (broad SMARTS) is 1. The van der Waals surface area contributed by atoms with Gasteiger partial charge in [-0.05, 0) is 70.6 Å². The third-order valence-corrected chi connectivity index (χ3v) is 6.37. The van der Waals surface area contributed by atoms with Crippen molar-refractivity contribution < 1.29 is 29.0 Å². The molecule has 0 spiro atoms. The second-order valence-electron chi connectivity index (χ2n) is 10.3. The summed E-state index contributed by atoms with van der Waals surface area (Å²) in [6.07, 6.45) is 6.09. The van der Waals surface area contributed by atoms with Gasteiger partial charge in [-0.2, -0.15) is 0 Å². The average Bonchev–Trinajstić information content (AvgIpc) is 2.81. The fraction of sp³-hybridized carbons (Fsp3) is 0.538. The van der Waals surface area contributed by atoms with Crippen molar-refractivity contribution in [2.24, 2.45) is 11.8 Å². The van der Waals surface area contributed by atoms with Gasteiger partial charge in [-0.1, -0.05) is 12.1 Å². The number of nitrogens with two attached hydrogens (primary N) is 1. The van der Waals surface area contributed by atoms with E-state index in [0.717, 1.165) is 12.8 Å². The molecule has 0 aliphatic carbocycles. The van der Waals surface area contributed by atoms with Gasteiger partial charge < -0.3 is 25.4 Å². The number of carbonyl (C=O) groups excluding carboxylic acids is 3. The fourth-order valence-corrected chi connectivity index (χ4v) is 4.46. The zero-order valence-corrected chi connectivity index (χ0v) is 20.7. The van der Waals surface area contributed by atoms with E-state index < -0.39 is 11.6 Å². The van der Waals surface area contributed by atoms with E-state index in [4.69, 9.17) is 15.6 Å². The summed E-state index contributed by atoms with van der Waals surface area (Å²) in [5.41, 5.74) is 5.64. The molecule has 1 aromatic carbocycles. The van der Waals surface area contributed by atoms with E-state index in [1.807, 2.05) is 26.8 Å². The average molecular weight is 486 g/mol. The van der Waals surface area contributed by atoms with Gasteiger partial charge in [-0.3, -0.25) is 9.59 Å². The number of ketones is 1. The van der Waals surface area contributed by atoms with Crippen LogP contribution in [0.15, 0.2) is 30.4 Å². The minimum absolute atomic E-state index is 0.0379.